The molecule has 20 heavy (non-hydrogen) atoms. The molecule has 1 aromatic heterocycles. The number of aryl methyl sites for hydroxylation is 1. The van der Waals surface area contributed by atoms with Gasteiger partial charge in [-0.3, -0.25) is 4.98 Å². The van der Waals surface area contributed by atoms with E-state index in [0.29, 0.717) is 6.04 Å². The molecule has 1 aliphatic carbocycles. The van der Waals surface area contributed by atoms with Crippen LogP contribution >= 0.6 is 0 Å². The number of rotatable bonds is 6. The van der Waals surface area contributed by atoms with Crippen molar-refractivity contribution in [1.82, 2.24) is 10.3 Å². The molecule has 0 amide bonds. The monoisotopic (exact) mass is 274 g/mol. The Kier molecular flexibility index (Phi) is 6.03. The Morgan fingerprint density at radius 1 is 1.30 bits per heavy atom. The summed E-state index contributed by atoms with van der Waals surface area (Å²) < 4.78 is 0. The minimum Gasteiger partial charge on any atom is -0.310 e. The lowest BCUT2D eigenvalue weighted by atomic mass is 9.74. The summed E-state index contributed by atoms with van der Waals surface area (Å²) >= 11 is 0. The van der Waals surface area contributed by atoms with Crippen LogP contribution in [0.2, 0.25) is 0 Å². The maximum Gasteiger partial charge on any atom is 0.0352 e. The van der Waals surface area contributed by atoms with Gasteiger partial charge in [-0.2, -0.15) is 0 Å². The number of pyridine rings is 1. The van der Waals surface area contributed by atoms with Gasteiger partial charge in [0, 0.05) is 18.4 Å². The highest BCUT2D eigenvalue weighted by Gasteiger charge is 2.29. The number of aromatic nitrogens is 1. The lowest BCUT2D eigenvalue weighted by Crippen LogP contribution is -2.32. The third kappa shape index (κ3) is 3.60. The maximum absolute atomic E-state index is 4.31. The van der Waals surface area contributed by atoms with E-state index in [2.05, 4.69) is 43.3 Å². The van der Waals surface area contributed by atoms with Crippen molar-refractivity contribution in [3.8, 4) is 0 Å². The second-order valence-electron chi connectivity index (χ2n) is 6.16. The molecular formula is C18H30N2. The summed E-state index contributed by atoms with van der Waals surface area (Å²) in [6.07, 6.45) is 12.0. The van der Waals surface area contributed by atoms with Crippen molar-refractivity contribution in [2.24, 2.45) is 11.8 Å². The Morgan fingerprint density at radius 2 is 2.15 bits per heavy atom. The Morgan fingerprint density at radius 3 is 2.85 bits per heavy atom. The lowest BCUT2D eigenvalue weighted by Gasteiger charge is -2.35. The molecule has 0 aliphatic heterocycles. The summed E-state index contributed by atoms with van der Waals surface area (Å²) in [6, 6.07) is 2.76. The van der Waals surface area contributed by atoms with Gasteiger partial charge in [-0.1, -0.05) is 40.0 Å². The van der Waals surface area contributed by atoms with E-state index >= 15 is 0 Å². The van der Waals surface area contributed by atoms with E-state index in [0.717, 1.165) is 24.8 Å². The van der Waals surface area contributed by atoms with E-state index in [-0.39, 0.29) is 0 Å². The van der Waals surface area contributed by atoms with E-state index in [1.165, 1.54) is 43.2 Å². The summed E-state index contributed by atoms with van der Waals surface area (Å²) in [5.41, 5.74) is 2.91. The maximum atomic E-state index is 4.31. The van der Waals surface area contributed by atoms with Crippen LogP contribution in [0.4, 0.5) is 0 Å². The van der Waals surface area contributed by atoms with Crippen LogP contribution in [0.15, 0.2) is 18.5 Å². The fraction of sp³-hybridized carbons (Fsp3) is 0.722. The van der Waals surface area contributed by atoms with Crippen molar-refractivity contribution in [3.05, 3.63) is 29.6 Å². The molecule has 2 heteroatoms. The zero-order chi connectivity index (χ0) is 14.4. The molecule has 3 atom stereocenters. The van der Waals surface area contributed by atoms with E-state index in [9.17, 15) is 0 Å². The van der Waals surface area contributed by atoms with Gasteiger partial charge in [0.05, 0.1) is 0 Å². The minimum atomic E-state index is 0.521. The molecule has 112 valence electrons. The van der Waals surface area contributed by atoms with Gasteiger partial charge in [-0.25, -0.2) is 0 Å². The van der Waals surface area contributed by atoms with Gasteiger partial charge in [0.2, 0.25) is 0 Å². The fourth-order valence-corrected chi connectivity index (χ4v) is 3.79. The summed E-state index contributed by atoms with van der Waals surface area (Å²) in [5.74, 6) is 1.73. The fourth-order valence-electron chi connectivity index (χ4n) is 3.79. The van der Waals surface area contributed by atoms with E-state index in [1.54, 1.807) is 0 Å². The van der Waals surface area contributed by atoms with Crippen LogP contribution in [0, 0.1) is 11.8 Å². The number of hydrogen-bond donors (Lipinski definition) is 1. The predicted molar refractivity (Wildman–Crippen MR) is 85.8 cm³/mol. The van der Waals surface area contributed by atoms with E-state index < -0.39 is 0 Å². The van der Waals surface area contributed by atoms with Gasteiger partial charge in [-0.15, -0.1) is 0 Å². The lowest BCUT2D eigenvalue weighted by molar-refractivity contribution is 0.210. The Balaban J connectivity index is 2.21. The molecule has 0 bridgehead atoms. The van der Waals surface area contributed by atoms with Crippen LogP contribution in [-0.2, 0) is 6.42 Å². The summed E-state index contributed by atoms with van der Waals surface area (Å²) in [4.78, 5) is 4.31. The molecule has 0 spiro atoms. The first-order valence-electron chi connectivity index (χ1n) is 8.46. The number of nitrogens with one attached hydrogen (secondary N) is 1. The van der Waals surface area contributed by atoms with Crippen LogP contribution in [0.3, 0.4) is 0 Å². The quantitative estimate of drug-likeness (QED) is 0.825. The summed E-state index contributed by atoms with van der Waals surface area (Å²) in [7, 11) is 0. The second-order valence-corrected chi connectivity index (χ2v) is 6.16. The molecule has 2 nitrogen and oxygen atoms in total. The van der Waals surface area contributed by atoms with Crippen molar-refractivity contribution >= 4 is 0 Å². The van der Waals surface area contributed by atoms with Crippen LogP contribution in [0.25, 0.3) is 0 Å². The summed E-state index contributed by atoms with van der Waals surface area (Å²) in [5, 5.41) is 3.76. The Labute approximate surface area is 124 Å². The Bertz CT molecular complexity index is 402. The largest absolute Gasteiger partial charge is 0.310 e. The molecule has 1 aromatic rings. The van der Waals surface area contributed by atoms with E-state index in [1.807, 2.05) is 6.20 Å². The molecule has 1 saturated carbocycles. The van der Waals surface area contributed by atoms with Crippen LogP contribution in [0.5, 0.6) is 0 Å². The smallest absolute Gasteiger partial charge is 0.0352 e. The molecule has 1 aliphatic rings. The van der Waals surface area contributed by atoms with Crippen molar-refractivity contribution in [3.63, 3.8) is 0 Å². The van der Waals surface area contributed by atoms with Gasteiger partial charge < -0.3 is 5.32 Å². The molecule has 3 unspecified atom stereocenters. The molecule has 1 N–H and O–H groups in total. The molecule has 0 aromatic carbocycles. The number of nitrogens with zero attached hydrogens (tertiary/aromatic N) is 1. The average molecular weight is 274 g/mol. The third-order valence-corrected chi connectivity index (χ3v) is 4.95. The SMILES string of the molecule is CCNC(c1ccncc1CC)C1CCCC(CC)C1. The van der Waals surface area contributed by atoms with Gasteiger partial charge in [-0.05, 0) is 54.8 Å². The topological polar surface area (TPSA) is 24.9 Å². The van der Waals surface area contributed by atoms with Crippen LogP contribution in [-0.4, -0.2) is 11.5 Å². The van der Waals surface area contributed by atoms with Crippen LogP contribution in [0.1, 0.15) is 70.0 Å². The number of hydrogen-bond acceptors (Lipinski definition) is 2. The normalized spacial score (nSPS) is 24.6. The highest BCUT2D eigenvalue weighted by Crippen LogP contribution is 2.39. The Hall–Kier alpha value is -0.890. The van der Waals surface area contributed by atoms with Crippen molar-refractivity contribution in [2.75, 3.05) is 6.54 Å². The van der Waals surface area contributed by atoms with Gasteiger partial charge in [0.15, 0.2) is 0 Å². The third-order valence-electron chi connectivity index (χ3n) is 4.95. The van der Waals surface area contributed by atoms with Gasteiger partial charge in [0.1, 0.15) is 0 Å². The highest BCUT2D eigenvalue weighted by atomic mass is 14.9. The molecule has 1 fully saturated rings. The molecule has 1 heterocycles. The van der Waals surface area contributed by atoms with Crippen molar-refractivity contribution in [2.45, 2.75) is 65.3 Å². The van der Waals surface area contributed by atoms with Gasteiger partial charge in [0.25, 0.3) is 0 Å². The molecule has 0 saturated heterocycles. The standard InChI is InChI=1S/C18H30N2/c1-4-14-8-7-9-16(12-14)18(20-6-3)17-10-11-19-13-15(17)5-2/h10-11,13-14,16,18,20H,4-9,12H2,1-3H3. The minimum absolute atomic E-state index is 0.521. The zero-order valence-electron chi connectivity index (χ0n) is 13.4. The van der Waals surface area contributed by atoms with Crippen molar-refractivity contribution < 1.29 is 0 Å². The molecular weight excluding hydrogens is 244 g/mol. The summed E-state index contributed by atoms with van der Waals surface area (Å²) in [6.45, 7) is 7.85. The first-order chi connectivity index (χ1) is 9.80. The van der Waals surface area contributed by atoms with E-state index in [4.69, 9.17) is 0 Å². The molecule has 2 rings (SSSR count). The second kappa shape index (κ2) is 7.78. The highest BCUT2D eigenvalue weighted by molar-refractivity contribution is 5.27. The van der Waals surface area contributed by atoms with Crippen LogP contribution < -0.4 is 5.32 Å². The molecule has 0 radical (unpaired) electrons. The first-order valence-corrected chi connectivity index (χ1v) is 8.46. The van der Waals surface area contributed by atoms with Crippen molar-refractivity contribution in [1.29, 1.82) is 0 Å². The van der Waals surface area contributed by atoms with Gasteiger partial charge >= 0.3 is 0 Å². The zero-order valence-corrected chi connectivity index (χ0v) is 13.4. The predicted octanol–water partition coefficient (Wildman–Crippen LogP) is 4.51. The average Bonchev–Trinajstić information content (AvgIpc) is 2.52. The first kappa shape index (κ1) is 15.5.